The summed E-state index contributed by atoms with van der Waals surface area (Å²) in [5.74, 6) is 5.91. The van der Waals surface area contributed by atoms with E-state index in [2.05, 4.69) is 40.4 Å². The van der Waals surface area contributed by atoms with E-state index in [1.165, 1.54) is 0 Å². The Kier molecular flexibility index (Phi) is 3.55. The lowest BCUT2D eigenvalue weighted by Gasteiger charge is -1.90. The maximum atomic E-state index is 4.20. The molecule has 0 unspecified atom stereocenters. The molecule has 1 aromatic rings. The van der Waals surface area contributed by atoms with Crippen LogP contribution in [0.1, 0.15) is 5.56 Å². The monoisotopic (exact) mass is 226 g/mol. The zero-order chi connectivity index (χ0) is 8.10. The number of halogens is 1. The number of benzene rings is 1. The minimum atomic E-state index is 0.712. The van der Waals surface area contributed by atoms with Crippen LogP contribution in [0.2, 0.25) is 0 Å². The number of hydrogen-bond acceptors (Lipinski definition) is 1. The van der Waals surface area contributed by atoms with Gasteiger partial charge in [-0.3, -0.25) is 0 Å². The molecule has 11 heavy (non-hydrogen) atoms. The van der Waals surface area contributed by atoms with Gasteiger partial charge in [-0.25, -0.2) is 0 Å². The van der Waals surface area contributed by atoms with Crippen molar-refractivity contribution in [1.82, 2.24) is 0 Å². The Balaban J connectivity index is 2.87. The van der Waals surface area contributed by atoms with E-state index < -0.39 is 0 Å². The predicted molar refractivity (Wildman–Crippen MR) is 54.4 cm³/mol. The van der Waals surface area contributed by atoms with E-state index in [9.17, 15) is 0 Å². The summed E-state index contributed by atoms with van der Waals surface area (Å²) >= 11 is 7.43. The second-order valence-corrected chi connectivity index (χ2v) is 3.06. The van der Waals surface area contributed by atoms with Crippen LogP contribution >= 0.6 is 28.6 Å². The Morgan fingerprint density at radius 2 is 2.27 bits per heavy atom. The van der Waals surface area contributed by atoms with Crippen LogP contribution in [-0.2, 0) is 0 Å². The lowest BCUT2D eigenvalue weighted by atomic mass is 10.2. The summed E-state index contributed by atoms with van der Waals surface area (Å²) in [5, 5.41) is 0.712. The molecular weight excluding hydrogens is 220 g/mol. The molecule has 0 saturated carbocycles. The van der Waals surface area contributed by atoms with Gasteiger partial charge >= 0.3 is 0 Å². The third kappa shape index (κ3) is 3.00. The summed E-state index contributed by atoms with van der Waals surface area (Å²) in [6.07, 6.45) is 0. The van der Waals surface area contributed by atoms with Crippen molar-refractivity contribution in [1.29, 1.82) is 0 Å². The molecule has 0 bridgehead atoms. The fraction of sp³-hybridized carbons (Fsp3) is 0.111. The first-order valence-corrected chi connectivity index (χ1v) is 4.73. The van der Waals surface area contributed by atoms with E-state index >= 15 is 0 Å². The molecule has 1 rings (SSSR count). The molecule has 0 heterocycles. The largest absolute Gasteiger partial charge is 0.143 e. The minimum Gasteiger partial charge on any atom is -0.143 e. The fourth-order valence-corrected chi connectivity index (χ4v) is 1.08. The summed E-state index contributed by atoms with van der Waals surface area (Å²) in [7, 11) is 0. The van der Waals surface area contributed by atoms with E-state index in [0.29, 0.717) is 5.33 Å². The van der Waals surface area contributed by atoms with Crippen molar-refractivity contribution in [2.45, 2.75) is 4.90 Å². The third-order valence-corrected chi connectivity index (χ3v) is 1.70. The molecular formula is C9H7BrS. The Bertz CT molecular complexity index is 296. The molecule has 0 amide bonds. The van der Waals surface area contributed by atoms with Gasteiger partial charge in [0.2, 0.25) is 0 Å². The second-order valence-electron chi connectivity index (χ2n) is 1.99. The van der Waals surface area contributed by atoms with E-state index in [-0.39, 0.29) is 0 Å². The molecule has 0 fully saturated rings. The highest BCUT2D eigenvalue weighted by Gasteiger charge is 1.85. The molecule has 2 heteroatoms. The first kappa shape index (κ1) is 8.70. The van der Waals surface area contributed by atoms with Gasteiger partial charge in [-0.1, -0.05) is 33.8 Å². The smallest absolute Gasteiger partial charge is 0.0649 e. The zero-order valence-electron chi connectivity index (χ0n) is 5.84. The van der Waals surface area contributed by atoms with Crippen LogP contribution < -0.4 is 0 Å². The average Bonchev–Trinajstić information content (AvgIpc) is 2.01. The van der Waals surface area contributed by atoms with Crippen molar-refractivity contribution in [3.8, 4) is 11.8 Å². The Morgan fingerprint density at radius 1 is 1.45 bits per heavy atom. The highest BCUT2D eigenvalue weighted by Crippen LogP contribution is 2.07. The molecule has 0 nitrogen and oxygen atoms in total. The van der Waals surface area contributed by atoms with E-state index in [0.717, 1.165) is 10.5 Å². The molecule has 0 atom stereocenters. The van der Waals surface area contributed by atoms with Crippen LogP contribution in [0.15, 0.2) is 29.2 Å². The van der Waals surface area contributed by atoms with Gasteiger partial charge in [-0.15, -0.1) is 12.6 Å². The van der Waals surface area contributed by atoms with E-state index in [1.54, 1.807) is 0 Å². The van der Waals surface area contributed by atoms with Gasteiger partial charge < -0.3 is 0 Å². The summed E-state index contributed by atoms with van der Waals surface area (Å²) in [6.45, 7) is 0. The minimum absolute atomic E-state index is 0.712. The van der Waals surface area contributed by atoms with Crippen LogP contribution in [0.5, 0.6) is 0 Å². The maximum absolute atomic E-state index is 4.20. The lowest BCUT2D eigenvalue weighted by Crippen LogP contribution is -1.73. The molecule has 0 aromatic heterocycles. The molecule has 0 saturated heterocycles. The summed E-state index contributed by atoms with van der Waals surface area (Å²) < 4.78 is 0. The normalized spacial score (nSPS) is 8.55. The molecule has 0 radical (unpaired) electrons. The van der Waals surface area contributed by atoms with Crippen molar-refractivity contribution in [2.75, 3.05) is 5.33 Å². The molecule has 56 valence electrons. The average molecular weight is 227 g/mol. The summed E-state index contributed by atoms with van der Waals surface area (Å²) in [4.78, 5) is 0.950. The van der Waals surface area contributed by atoms with Crippen LogP contribution in [0.4, 0.5) is 0 Å². The molecule has 0 aliphatic carbocycles. The molecule has 0 N–H and O–H groups in total. The standard InChI is InChI=1S/C9H7BrS/c10-6-2-4-8-3-1-5-9(11)7-8/h1,3,5,7,11H,6H2. The van der Waals surface area contributed by atoms with Crippen molar-refractivity contribution in [3.63, 3.8) is 0 Å². The Hall–Kier alpha value is -0.390. The fourth-order valence-electron chi connectivity index (χ4n) is 0.719. The zero-order valence-corrected chi connectivity index (χ0v) is 8.32. The van der Waals surface area contributed by atoms with Crippen LogP contribution in [0, 0.1) is 11.8 Å². The third-order valence-electron chi connectivity index (χ3n) is 1.15. The van der Waals surface area contributed by atoms with Gasteiger partial charge in [-0.05, 0) is 18.2 Å². The Labute approximate surface area is 80.5 Å². The van der Waals surface area contributed by atoms with Gasteiger partial charge in [0.1, 0.15) is 0 Å². The molecule has 1 aromatic carbocycles. The van der Waals surface area contributed by atoms with E-state index in [1.807, 2.05) is 24.3 Å². The summed E-state index contributed by atoms with van der Waals surface area (Å²) in [6, 6.07) is 7.79. The number of alkyl halides is 1. The predicted octanol–water partition coefficient (Wildman–Crippen LogP) is 2.72. The van der Waals surface area contributed by atoms with Crippen LogP contribution in [-0.4, -0.2) is 5.33 Å². The number of thiol groups is 1. The van der Waals surface area contributed by atoms with Gasteiger partial charge in [0.15, 0.2) is 0 Å². The van der Waals surface area contributed by atoms with Crippen molar-refractivity contribution in [2.24, 2.45) is 0 Å². The molecule has 0 aliphatic rings. The number of hydrogen-bond donors (Lipinski definition) is 1. The van der Waals surface area contributed by atoms with Crippen LogP contribution in [0.3, 0.4) is 0 Å². The van der Waals surface area contributed by atoms with Gasteiger partial charge in [-0.2, -0.15) is 0 Å². The lowest BCUT2D eigenvalue weighted by molar-refractivity contribution is 1.45. The van der Waals surface area contributed by atoms with Gasteiger partial charge in [0.25, 0.3) is 0 Å². The molecule has 0 spiro atoms. The SMILES string of the molecule is Sc1cccc(C#CCBr)c1. The van der Waals surface area contributed by atoms with Crippen molar-refractivity contribution >= 4 is 28.6 Å². The van der Waals surface area contributed by atoms with E-state index in [4.69, 9.17) is 0 Å². The first-order chi connectivity index (χ1) is 5.33. The highest BCUT2D eigenvalue weighted by molar-refractivity contribution is 9.09. The first-order valence-electron chi connectivity index (χ1n) is 3.17. The van der Waals surface area contributed by atoms with Gasteiger partial charge in [0.05, 0.1) is 5.33 Å². The number of rotatable bonds is 0. The van der Waals surface area contributed by atoms with Crippen molar-refractivity contribution < 1.29 is 0 Å². The second kappa shape index (κ2) is 4.48. The van der Waals surface area contributed by atoms with Crippen molar-refractivity contribution in [3.05, 3.63) is 29.8 Å². The topological polar surface area (TPSA) is 0 Å². The summed E-state index contributed by atoms with van der Waals surface area (Å²) in [5.41, 5.74) is 1.01. The maximum Gasteiger partial charge on any atom is 0.0649 e. The molecule has 0 aliphatic heterocycles. The van der Waals surface area contributed by atoms with Gasteiger partial charge in [0, 0.05) is 10.5 Å². The highest BCUT2D eigenvalue weighted by atomic mass is 79.9. The Morgan fingerprint density at radius 3 is 2.91 bits per heavy atom. The van der Waals surface area contributed by atoms with Crippen LogP contribution in [0.25, 0.3) is 0 Å². The quantitative estimate of drug-likeness (QED) is 0.393.